The first-order valence-corrected chi connectivity index (χ1v) is 10.7. The normalized spacial score (nSPS) is 14.9. The molecule has 2 heterocycles. The van der Waals surface area contributed by atoms with Gasteiger partial charge >= 0.3 is 5.69 Å². The molecular formula is C23H25ClN4O4. The smallest absolute Gasteiger partial charge is 0.332 e. The third-order valence-corrected chi connectivity index (χ3v) is 5.68. The second-order valence-electron chi connectivity index (χ2n) is 7.75. The summed E-state index contributed by atoms with van der Waals surface area (Å²) >= 11 is 6.03. The molecule has 3 aromatic rings. The zero-order valence-corrected chi connectivity index (χ0v) is 18.7. The van der Waals surface area contributed by atoms with Gasteiger partial charge in [0.05, 0.1) is 0 Å². The number of aliphatic hydroxyl groups is 1. The molecule has 0 amide bonds. The molecule has 1 aromatic heterocycles. The van der Waals surface area contributed by atoms with Crippen molar-refractivity contribution in [2.24, 2.45) is 7.05 Å². The Morgan fingerprint density at radius 1 is 1.09 bits per heavy atom. The molecule has 1 atom stereocenters. The summed E-state index contributed by atoms with van der Waals surface area (Å²) in [4.78, 5) is 27.9. The lowest BCUT2D eigenvalue weighted by Gasteiger charge is -2.26. The average molecular weight is 457 g/mol. The fourth-order valence-corrected chi connectivity index (χ4v) is 3.83. The minimum absolute atomic E-state index is 0.113. The number of hydrogen-bond acceptors (Lipinski definition) is 6. The Balaban J connectivity index is 1.78. The monoisotopic (exact) mass is 456 g/mol. The molecule has 1 aliphatic heterocycles. The van der Waals surface area contributed by atoms with Crippen molar-refractivity contribution >= 4 is 23.1 Å². The van der Waals surface area contributed by atoms with Crippen LogP contribution < -0.4 is 26.2 Å². The SMILES string of the molecule is Cc1ccc(OC2Nc3c(c(=O)n(CCCO)c(=O)n3C)N2Cc2ccc(Cl)cc2)cc1. The highest BCUT2D eigenvalue weighted by Gasteiger charge is 2.36. The summed E-state index contributed by atoms with van der Waals surface area (Å²) in [5.41, 5.74) is 1.51. The third kappa shape index (κ3) is 4.24. The molecule has 4 rings (SSSR count). The van der Waals surface area contributed by atoms with Crippen LogP contribution in [-0.4, -0.2) is 27.2 Å². The highest BCUT2D eigenvalue weighted by molar-refractivity contribution is 6.30. The average Bonchev–Trinajstić information content (AvgIpc) is 3.13. The molecule has 0 bridgehead atoms. The number of nitrogens with zero attached hydrogens (tertiary/aromatic N) is 3. The van der Waals surface area contributed by atoms with Crippen LogP contribution in [-0.2, 0) is 20.1 Å². The maximum Gasteiger partial charge on any atom is 0.332 e. The Bertz CT molecular complexity index is 1220. The van der Waals surface area contributed by atoms with Gasteiger partial charge < -0.3 is 20.1 Å². The standard InChI is InChI=1S/C23H25ClN4O4/c1-15-4-10-18(11-5-15)32-22-25-20-19(28(22)14-16-6-8-17(24)9-7-16)21(30)27(12-3-13-29)23(31)26(20)2/h4-11,22,25,29H,3,12-14H2,1-2H3. The van der Waals surface area contributed by atoms with Gasteiger partial charge in [0.1, 0.15) is 17.3 Å². The van der Waals surface area contributed by atoms with E-state index in [0.29, 0.717) is 35.2 Å². The molecule has 2 aromatic carbocycles. The lowest BCUT2D eigenvalue weighted by atomic mass is 10.2. The number of aryl methyl sites for hydroxylation is 1. The van der Waals surface area contributed by atoms with E-state index in [1.54, 1.807) is 24.1 Å². The van der Waals surface area contributed by atoms with Crippen molar-refractivity contribution in [1.29, 1.82) is 0 Å². The number of halogens is 1. The number of aromatic nitrogens is 2. The van der Waals surface area contributed by atoms with Crippen LogP contribution >= 0.6 is 11.6 Å². The van der Waals surface area contributed by atoms with E-state index in [1.807, 2.05) is 43.3 Å². The van der Waals surface area contributed by atoms with Crippen molar-refractivity contribution in [2.75, 3.05) is 16.8 Å². The first-order valence-electron chi connectivity index (χ1n) is 10.3. The first-order chi connectivity index (χ1) is 15.4. The van der Waals surface area contributed by atoms with Gasteiger partial charge in [-0.15, -0.1) is 0 Å². The van der Waals surface area contributed by atoms with Crippen LogP contribution in [0.4, 0.5) is 11.5 Å². The Morgan fingerprint density at radius 3 is 2.44 bits per heavy atom. The highest BCUT2D eigenvalue weighted by Crippen LogP contribution is 2.33. The van der Waals surface area contributed by atoms with E-state index in [4.69, 9.17) is 16.3 Å². The Morgan fingerprint density at radius 2 is 1.78 bits per heavy atom. The zero-order valence-electron chi connectivity index (χ0n) is 17.9. The Hall–Kier alpha value is -3.23. The summed E-state index contributed by atoms with van der Waals surface area (Å²) in [5, 5.41) is 13.0. The summed E-state index contributed by atoms with van der Waals surface area (Å²) in [7, 11) is 1.61. The number of rotatable bonds is 7. The molecule has 8 nitrogen and oxygen atoms in total. The van der Waals surface area contributed by atoms with E-state index < -0.39 is 17.6 Å². The topological polar surface area (TPSA) is 88.7 Å². The van der Waals surface area contributed by atoms with E-state index in [0.717, 1.165) is 15.7 Å². The van der Waals surface area contributed by atoms with Gasteiger partial charge in [-0.25, -0.2) is 4.79 Å². The summed E-state index contributed by atoms with van der Waals surface area (Å²) < 4.78 is 8.73. The van der Waals surface area contributed by atoms with Gasteiger partial charge in [0.15, 0.2) is 0 Å². The summed E-state index contributed by atoms with van der Waals surface area (Å²) in [6, 6.07) is 15.0. The zero-order chi connectivity index (χ0) is 22.8. The van der Waals surface area contributed by atoms with E-state index in [9.17, 15) is 14.7 Å². The van der Waals surface area contributed by atoms with Gasteiger partial charge in [-0.3, -0.25) is 13.9 Å². The molecule has 0 radical (unpaired) electrons. The molecule has 2 N–H and O–H groups in total. The van der Waals surface area contributed by atoms with E-state index in [1.165, 1.54) is 4.57 Å². The Labute approximate surface area is 190 Å². The molecule has 9 heteroatoms. The number of hydrogen-bond donors (Lipinski definition) is 2. The van der Waals surface area contributed by atoms with E-state index in [2.05, 4.69) is 5.32 Å². The Kier molecular flexibility index (Phi) is 6.25. The van der Waals surface area contributed by atoms with Crippen molar-refractivity contribution in [2.45, 2.75) is 32.8 Å². The molecule has 0 aliphatic carbocycles. The third-order valence-electron chi connectivity index (χ3n) is 5.43. The van der Waals surface area contributed by atoms with Gasteiger partial charge in [-0.05, 0) is 43.2 Å². The van der Waals surface area contributed by atoms with Crippen LogP contribution in [0.15, 0.2) is 58.1 Å². The molecule has 0 fully saturated rings. The number of anilines is 2. The van der Waals surface area contributed by atoms with Crippen molar-refractivity contribution in [1.82, 2.24) is 9.13 Å². The molecule has 32 heavy (non-hydrogen) atoms. The van der Waals surface area contributed by atoms with E-state index >= 15 is 0 Å². The van der Waals surface area contributed by atoms with Crippen LogP contribution in [0, 0.1) is 6.92 Å². The van der Waals surface area contributed by atoms with Crippen LogP contribution in [0.5, 0.6) is 5.75 Å². The molecule has 168 valence electrons. The van der Waals surface area contributed by atoms with Gasteiger partial charge in [0.25, 0.3) is 11.9 Å². The van der Waals surface area contributed by atoms with Crippen molar-refractivity contribution < 1.29 is 9.84 Å². The van der Waals surface area contributed by atoms with Crippen molar-refractivity contribution in [3.63, 3.8) is 0 Å². The van der Waals surface area contributed by atoms with Crippen LogP contribution in [0.2, 0.25) is 5.02 Å². The number of benzene rings is 2. The van der Waals surface area contributed by atoms with Crippen LogP contribution in [0.3, 0.4) is 0 Å². The number of aliphatic hydroxyl groups excluding tert-OH is 1. The lowest BCUT2D eigenvalue weighted by molar-refractivity contribution is 0.227. The minimum Gasteiger partial charge on any atom is -0.452 e. The maximum absolute atomic E-state index is 13.3. The molecule has 1 unspecified atom stereocenters. The fraction of sp³-hybridized carbons (Fsp3) is 0.304. The van der Waals surface area contributed by atoms with Gasteiger partial charge in [-0.2, -0.15) is 0 Å². The van der Waals surface area contributed by atoms with Crippen LogP contribution in [0.25, 0.3) is 0 Å². The molecule has 1 aliphatic rings. The highest BCUT2D eigenvalue weighted by atomic mass is 35.5. The molecule has 0 saturated heterocycles. The van der Waals surface area contributed by atoms with Crippen molar-refractivity contribution in [3.05, 3.63) is 85.5 Å². The summed E-state index contributed by atoms with van der Waals surface area (Å²) in [5.74, 6) is 1.03. The summed E-state index contributed by atoms with van der Waals surface area (Å²) in [6.07, 6.45) is -0.391. The second-order valence-corrected chi connectivity index (χ2v) is 8.19. The minimum atomic E-state index is -0.699. The summed E-state index contributed by atoms with van der Waals surface area (Å²) in [6.45, 7) is 2.37. The second kappa shape index (κ2) is 9.10. The first kappa shape index (κ1) is 22.0. The van der Waals surface area contributed by atoms with Crippen LogP contribution in [0.1, 0.15) is 17.5 Å². The number of nitrogens with one attached hydrogen (secondary N) is 1. The lowest BCUT2D eigenvalue weighted by Crippen LogP contribution is -2.43. The van der Waals surface area contributed by atoms with E-state index in [-0.39, 0.29) is 13.2 Å². The van der Waals surface area contributed by atoms with Crippen molar-refractivity contribution in [3.8, 4) is 5.75 Å². The fourth-order valence-electron chi connectivity index (χ4n) is 3.70. The number of fused-ring (bicyclic) bond motifs is 1. The predicted molar refractivity (Wildman–Crippen MR) is 124 cm³/mol. The number of ether oxygens (including phenoxy) is 1. The molecule has 0 saturated carbocycles. The van der Waals surface area contributed by atoms with Gasteiger partial charge in [-0.1, -0.05) is 41.4 Å². The van der Waals surface area contributed by atoms with Gasteiger partial charge in [0, 0.05) is 31.8 Å². The molecular weight excluding hydrogens is 432 g/mol. The predicted octanol–water partition coefficient (Wildman–Crippen LogP) is 2.69. The maximum atomic E-state index is 13.3. The quantitative estimate of drug-likeness (QED) is 0.568. The molecule has 0 spiro atoms. The van der Waals surface area contributed by atoms with Gasteiger partial charge in [0.2, 0.25) is 0 Å². The largest absolute Gasteiger partial charge is 0.452 e.